The molecule has 2 N–H and O–H groups in total. The lowest BCUT2D eigenvalue weighted by Gasteiger charge is -2.07. The van der Waals surface area contributed by atoms with Gasteiger partial charge in [0.05, 0.1) is 17.2 Å². The number of rotatable bonds is 5. The van der Waals surface area contributed by atoms with E-state index in [0.29, 0.717) is 17.9 Å². The molecule has 0 aliphatic heterocycles. The van der Waals surface area contributed by atoms with Crippen molar-refractivity contribution in [3.05, 3.63) is 48.2 Å². The fraction of sp³-hybridized carbons (Fsp3) is 0.235. The lowest BCUT2D eigenvalue weighted by Crippen LogP contribution is -2.15. The number of anilines is 1. The molecule has 0 spiro atoms. The first-order chi connectivity index (χ1) is 12.3. The number of nitrogens with one attached hydrogen (secondary N) is 1. The summed E-state index contributed by atoms with van der Waals surface area (Å²) in [4.78, 5) is 8.29. The molecular formula is C17H15F3N4O2. The van der Waals surface area contributed by atoms with E-state index in [0.717, 1.165) is 12.1 Å². The minimum Gasteiger partial charge on any atom is -0.392 e. The average molecular weight is 364 g/mol. The number of hydrogen-bond donors (Lipinski definition) is 2. The Balaban J connectivity index is 1.80. The van der Waals surface area contributed by atoms with Crippen LogP contribution in [0.5, 0.6) is 0 Å². The lowest BCUT2D eigenvalue weighted by atomic mass is 10.1. The summed E-state index contributed by atoms with van der Waals surface area (Å²) in [6, 6.07) is 8.07. The van der Waals surface area contributed by atoms with Gasteiger partial charge in [-0.15, -0.1) is 0 Å². The van der Waals surface area contributed by atoms with Crippen molar-refractivity contribution >= 4 is 5.82 Å². The molecule has 0 bridgehead atoms. The molecule has 0 aliphatic carbocycles. The van der Waals surface area contributed by atoms with Crippen LogP contribution < -0.4 is 5.32 Å². The number of pyridine rings is 1. The minimum absolute atomic E-state index is 0.0578. The summed E-state index contributed by atoms with van der Waals surface area (Å²) in [5, 5.41) is 15.9. The SMILES string of the molecule is CC(O)CNc1ccc(-c2nc(-c3cccc(C(F)(F)F)c3)no2)cn1. The molecule has 9 heteroatoms. The largest absolute Gasteiger partial charge is 0.416 e. The Hall–Kier alpha value is -2.94. The second-order valence-corrected chi connectivity index (χ2v) is 5.66. The minimum atomic E-state index is -4.44. The third-order valence-electron chi connectivity index (χ3n) is 3.46. The van der Waals surface area contributed by atoms with Crippen LogP contribution in [0.1, 0.15) is 12.5 Å². The topological polar surface area (TPSA) is 84.1 Å². The highest BCUT2D eigenvalue weighted by Crippen LogP contribution is 2.32. The van der Waals surface area contributed by atoms with E-state index < -0.39 is 17.8 Å². The standard InChI is InChI=1S/C17H15F3N4O2/c1-10(25)8-21-14-6-5-12(9-22-14)16-23-15(24-26-16)11-3-2-4-13(7-11)17(18,19)20/h2-7,9-10,25H,8H2,1H3,(H,21,22). The van der Waals surface area contributed by atoms with Gasteiger partial charge < -0.3 is 14.9 Å². The maximum absolute atomic E-state index is 12.8. The Kier molecular flexibility index (Phi) is 4.90. The Morgan fingerprint density at radius 2 is 2.00 bits per heavy atom. The van der Waals surface area contributed by atoms with Gasteiger partial charge in [-0.3, -0.25) is 0 Å². The smallest absolute Gasteiger partial charge is 0.392 e. The molecule has 0 amide bonds. The summed E-state index contributed by atoms with van der Waals surface area (Å²) in [6.07, 6.45) is -3.46. The van der Waals surface area contributed by atoms with Crippen molar-refractivity contribution in [3.8, 4) is 22.8 Å². The lowest BCUT2D eigenvalue weighted by molar-refractivity contribution is -0.137. The van der Waals surface area contributed by atoms with Gasteiger partial charge in [0, 0.05) is 18.3 Å². The van der Waals surface area contributed by atoms with Crippen molar-refractivity contribution in [1.29, 1.82) is 0 Å². The first-order valence-corrected chi connectivity index (χ1v) is 7.72. The summed E-state index contributed by atoms with van der Waals surface area (Å²) in [6.45, 7) is 2.00. The Bertz CT molecular complexity index is 876. The van der Waals surface area contributed by atoms with E-state index in [-0.39, 0.29) is 17.3 Å². The quantitative estimate of drug-likeness (QED) is 0.720. The number of alkyl halides is 3. The number of benzene rings is 1. The zero-order valence-corrected chi connectivity index (χ0v) is 13.7. The second kappa shape index (κ2) is 7.12. The average Bonchev–Trinajstić information content (AvgIpc) is 3.10. The molecule has 0 aliphatic rings. The molecule has 0 saturated carbocycles. The van der Waals surface area contributed by atoms with Gasteiger partial charge in [-0.05, 0) is 31.2 Å². The molecule has 6 nitrogen and oxygen atoms in total. The van der Waals surface area contributed by atoms with Crippen LogP contribution in [0.4, 0.5) is 19.0 Å². The number of halogens is 3. The van der Waals surface area contributed by atoms with Crippen molar-refractivity contribution < 1.29 is 22.8 Å². The van der Waals surface area contributed by atoms with Crippen LogP contribution in [-0.4, -0.2) is 32.9 Å². The Labute approximate surface area is 146 Å². The van der Waals surface area contributed by atoms with E-state index in [4.69, 9.17) is 4.52 Å². The van der Waals surface area contributed by atoms with Gasteiger partial charge in [0.2, 0.25) is 5.82 Å². The van der Waals surface area contributed by atoms with E-state index >= 15 is 0 Å². The summed E-state index contributed by atoms with van der Waals surface area (Å²) in [7, 11) is 0. The van der Waals surface area contributed by atoms with Gasteiger partial charge in [-0.2, -0.15) is 18.2 Å². The molecule has 0 fully saturated rings. The van der Waals surface area contributed by atoms with E-state index in [2.05, 4.69) is 20.4 Å². The number of aliphatic hydroxyl groups is 1. The normalized spacial score (nSPS) is 12.8. The van der Waals surface area contributed by atoms with Crippen LogP contribution >= 0.6 is 0 Å². The molecule has 1 atom stereocenters. The fourth-order valence-electron chi connectivity index (χ4n) is 2.17. The predicted octanol–water partition coefficient (Wildman–Crippen LogP) is 3.61. The molecule has 136 valence electrons. The van der Waals surface area contributed by atoms with Gasteiger partial charge in [0.1, 0.15) is 5.82 Å². The summed E-state index contributed by atoms with van der Waals surface area (Å²) >= 11 is 0. The fourth-order valence-corrected chi connectivity index (χ4v) is 2.17. The Morgan fingerprint density at radius 3 is 2.65 bits per heavy atom. The highest BCUT2D eigenvalue weighted by molar-refractivity contribution is 5.60. The van der Waals surface area contributed by atoms with E-state index in [1.165, 1.54) is 18.3 Å². The highest BCUT2D eigenvalue weighted by atomic mass is 19.4. The van der Waals surface area contributed by atoms with Gasteiger partial charge >= 0.3 is 6.18 Å². The monoisotopic (exact) mass is 364 g/mol. The van der Waals surface area contributed by atoms with Gasteiger partial charge in [-0.1, -0.05) is 17.3 Å². The van der Waals surface area contributed by atoms with E-state index in [9.17, 15) is 18.3 Å². The maximum Gasteiger partial charge on any atom is 0.416 e. The summed E-state index contributed by atoms with van der Waals surface area (Å²) < 4.78 is 43.6. The molecule has 1 unspecified atom stereocenters. The molecule has 3 aromatic rings. The second-order valence-electron chi connectivity index (χ2n) is 5.66. The number of nitrogens with zero attached hydrogens (tertiary/aromatic N) is 3. The van der Waals surface area contributed by atoms with Crippen LogP contribution in [0, 0.1) is 0 Å². The maximum atomic E-state index is 12.8. The molecule has 0 radical (unpaired) electrons. The molecule has 0 saturated heterocycles. The zero-order chi connectivity index (χ0) is 18.7. The first kappa shape index (κ1) is 17.9. The third kappa shape index (κ3) is 4.17. The van der Waals surface area contributed by atoms with Crippen LogP contribution in [0.2, 0.25) is 0 Å². The van der Waals surface area contributed by atoms with Crippen molar-refractivity contribution in [2.45, 2.75) is 19.2 Å². The van der Waals surface area contributed by atoms with E-state index in [1.807, 2.05) is 0 Å². The molecule has 1 aromatic carbocycles. The molecule has 2 heterocycles. The van der Waals surface area contributed by atoms with Gasteiger partial charge in [0.15, 0.2) is 0 Å². The van der Waals surface area contributed by atoms with Gasteiger partial charge in [-0.25, -0.2) is 4.98 Å². The molecule has 3 rings (SSSR count). The van der Waals surface area contributed by atoms with Crippen molar-refractivity contribution in [3.63, 3.8) is 0 Å². The number of aromatic nitrogens is 3. The van der Waals surface area contributed by atoms with Crippen LogP contribution in [0.25, 0.3) is 22.8 Å². The van der Waals surface area contributed by atoms with Gasteiger partial charge in [0.25, 0.3) is 5.89 Å². The number of hydrogen-bond acceptors (Lipinski definition) is 6. The summed E-state index contributed by atoms with van der Waals surface area (Å²) in [5.41, 5.74) is -0.0483. The highest BCUT2D eigenvalue weighted by Gasteiger charge is 2.30. The molecule has 2 aromatic heterocycles. The van der Waals surface area contributed by atoms with Crippen molar-refractivity contribution in [2.24, 2.45) is 0 Å². The predicted molar refractivity (Wildman–Crippen MR) is 88.1 cm³/mol. The molecule has 26 heavy (non-hydrogen) atoms. The van der Waals surface area contributed by atoms with Crippen molar-refractivity contribution in [2.75, 3.05) is 11.9 Å². The third-order valence-corrected chi connectivity index (χ3v) is 3.46. The van der Waals surface area contributed by atoms with Crippen LogP contribution in [0.3, 0.4) is 0 Å². The number of aliphatic hydroxyl groups excluding tert-OH is 1. The van der Waals surface area contributed by atoms with Crippen LogP contribution in [0.15, 0.2) is 47.1 Å². The van der Waals surface area contributed by atoms with Crippen LogP contribution in [-0.2, 0) is 6.18 Å². The Morgan fingerprint density at radius 1 is 1.19 bits per heavy atom. The zero-order valence-electron chi connectivity index (χ0n) is 13.7. The summed E-state index contributed by atoms with van der Waals surface area (Å²) in [5.74, 6) is 0.765. The first-order valence-electron chi connectivity index (χ1n) is 7.72. The van der Waals surface area contributed by atoms with Crippen molar-refractivity contribution in [1.82, 2.24) is 15.1 Å². The van der Waals surface area contributed by atoms with E-state index in [1.54, 1.807) is 19.1 Å². The molecular weight excluding hydrogens is 349 g/mol.